The minimum absolute atomic E-state index is 0.343. The van der Waals surface area contributed by atoms with Crippen molar-refractivity contribution in [3.05, 3.63) is 0 Å². The second-order valence-electron chi connectivity index (χ2n) is 4.30. The van der Waals surface area contributed by atoms with Gasteiger partial charge < -0.3 is 19.7 Å². The maximum Gasteiger partial charge on any atom is 0.243 e. The monoisotopic (exact) mass is 283 g/mol. The lowest BCUT2D eigenvalue weighted by atomic mass is 10.4. The molecule has 1 aliphatic heterocycles. The number of aromatic nitrogens is 3. The lowest BCUT2D eigenvalue weighted by molar-refractivity contribution is 0.122. The fraction of sp³-hybridized carbons (Fsp3) is 0.727. The van der Waals surface area contributed by atoms with E-state index in [2.05, 4.69) is 25.7 Å². The van der Waals surface area contributed by atoms with Crippen LogP contribution in [-0.2, 0) is 9.47 Å². The predicted molar refractivity (Wildman–Crippen MR) is 75.7 cm³/mol. The van der Waals surface area contributed by atoms with E-state index in [1.165, 1.54) is 0 Å². The molecule has 0 unspecified atom stereocenters. The van der Waals surface area contributed by atoms with Crippen LogP contribution in [0.25, 0.3) is 0 Å². The van der Waals surface area contributed by atoms with Crippen molar-refractivity contribution in [3.63, 3.8) is 0 Å². The highest BCUT2D eigenvalue weighted by atomic mass is 16.5. The molecule has 0 aromatic carbocycles. The zero-order valence-electron chi connectivity index (χ0n) is 11.6. The highest BCUT2D eigenvalue weighted by Crippen LogP contribution is 2.14. The van der Waals surface area contributed by atoms with E-state index in [0.29, 0.717) is 37.7 Å². The van der Waals surface area contributed by atoms with Gasteiger partial charge in [0, 0.05) is 33.4 Å². The second kappa shape index (κ2) is 7.78. The van der Waals surface area contributed by atoms with Crippen LogP contribution in [0, 0.1) is 0 Å². The van der Waals surface area contributed by atoms with Gasteiger partial charge in [0.1, 0.15) is 0 Å². The number of nitrogens with zero attached hydrogens (tertiary/aromatic N) is 4. The van der Waals surface area contributed by atoms with Gasteiger partial charge in [-0.1, -0.05) is 0 Å². The van der Waals surface area contributed by atoms with Gasteiger partial charge in [-0.05, 0) is 6.42 Å². The van der Waals surface area contributed by atoms with E-state index in [9.17, 15) is 0 Å². The number of ether oxygens (including phenoxy) is 2. The summed E-state index contributed by atoms with van der Waals surface area (Å²) in [5, 5.41) is 3.14. The summed E-state index contributed by atoms with van der Waals surface area (Å²) in [6, 6.07) is 0. The maximum atomic E-state index is 5.40. The van der Waals surface area contributed by atoms with Crippen LogP contribution in [-0.4, -0.2) is 61.5 Å². The number of hydrazine groups is 1. The van der Waals surface area contributed by atoms with Crippen LogP contribution in [0.5, 0.6) is 0 Å². The Balaban J connectivity index is 2.03. The molecule has 2 rings (SSSR count). The van der Waals surface area contributed by atoms with Gasteiger partial charge in [0.05, 0.1) is 13.2 Å². The first kappa shape index (κ1) is 14.7. The summed E-state index contributed by atoms with van der Waals surface area (Å²) >= 11 is 0. The smallest absolute Gasteiger partial charge is 0.243 e. The standard InChI is InChI=1S/C11H21N7O2/c1-19-6-2-3-13-9-14-10(17-12)16-11(15-9)18-4-7-20-8-5-18/h2-8,12H2,1H3,(H2,13,14,15,16,17). The number of anilines is 3. The molecule has 1 aromatic heterocycles. The largest absolute Gasteiger partial charge is 0.385 e. The number of morpholine rings is 1. The molecule has 0 bridgehead atoms. The Bertz CT molecular complexity index is 412. The molecule has 1 aliphatic rings. The molecule has 2 heterocycles. The van der Waals surface area contributed by atoms with Crippen LogP contribution < -0.4 is 21.5 Å². The number of rotatable bonds is 7. The molecule has 112 valence electrons. The van der Waals surface area contributed by atoms with Crippen molar-refractivity contribution in [2.75, 3.05) is 62.2 Å². The first-order valence-electron chi connectivity index (χ1n) is 6.61. The quantitative estimate of drug-likeness (QED) is 0.344. The van der Waals surface area contributed by atoms with Crippen LogP contribution >= 0.6 is 0 Å². The van der Waals surface area contributed by atoms with Crippen LogP contribution in [0.15, 0.2) is 0 Å². The van der Waals surface area contributed by atoms with Crippen molar-refractivity contribution in [2.24, 2.45) is 5.84 Å². The van der Waals surface area contributed by atoms with Gasteiger partial charge in [0.2, 0.25) is 17.8 Å². The van der Waals surface area contributed by atoms with Crippen molar-refractivity contribution in [1.29, 1.82) is 0 Å². The van der Waals surface area contributed by atoms with Gasteiger partial charge in [-0.15, -0.1) is 0 Å². The van der Waals surface area contributed by atoms with Gasteiger partial charge in [-0.25, -0.2) is 5.84 Å². The summed E-state index contributed by atoms with van der Waals surface area (Å²) in [5.74, 6) is 6.85. The van der Waals surface area contributed by atoms with Crippen molar-refractivity contribution in [3.8, 4) is 0 Å². The van der Waals surface area contributed by atoms with E-state index in [1.54, 1.807) is 7.11 Å². The van der Waals surface area contributed by atoms with Gasteiger partial charge in [-0.2, -0.15) is 15.0 Å². The number of nitrogen functional groups attached to an aromatic ring is 1. The highest BCUT2D eigenvalue weighted by molar-refractivity contribution is 5.43. The number of hydrogen-bond acceptors (Lipinski definition) is 9. The van der Waals surface area contributed by atoms with Gasteiger partial charge in [0.15, 0.2) is 0 Å². The number of methoxy groups -OCH3 is 1. The van der Waals surface area contributed by atoms with E-state index in [-0.39, 0.29) is 0 Å². The average Bonchev–Trinajstić information content (AvgIpc) is 2.52. The maximum absolute atomic E-state index is 5.40. The third kappa shape index (κ3) is 4.15. The Morgan fingerprint density at radius 3 is 2.70 bits per heavy atom. The summed E-state index contributed by atoms with van der Waals surface area (Å²) in [7, 11) is 1.68. The van der Waals surface area contributed by atoms with Gasteiger partial charge >= 0.3 is 0 Å². The Morgan fingerprint density at radius 2 is 2.00 bits per heavy atom. The van der Waals surface area contributed by atoms with E-state index in [1.807, 2.05) is 4.90 Å². The zero-order chi connectivity index (χ0) is 14.2. The molecule has 0 radical (unpaired) electrons. The number of nitrogens with two attached hydrogens (primary N) is 1. The van der Waals surface area contributed by atoms with Crippen molar-refractivity contribution in [1.82, 2.24) is 15.0 Å². The summed E-state index contributed by atoms with van der Waals surface area (Å²) in [5.41, 5.74) is 2.46. The third-order valence-electron chi connectivity index (χ3n) is 2.85. The van der Waals surface area contributed by atoms with Crippen LogP contribution in [0.1, 0.15) is 6.42 Å². The van der Waals surface area contributed by atoms with Crippen LogP contribution in [0.4, 0.5) is 17.8 Å². The molecule has 0 spiro atoms. The normalized spacial score (nSPS) is 15.2. The Morgan fingerprint density at radius 1 is 1.25 bits per heavy atom. The molecule has 1 fully saturated rings. The van der Waals surface area contributed by atoms with Crippen molar-refractivity contribution in [2.45, 2.75) is 6.42 Å². The molecule has 4 N–H and O–H groups in total. The number of nitrogens with one attached hydrogen (secondary N) is 2. The minimum Gasteiger partial charge on any atom is -0.385 e. The summed E-state index contributed by atoms with van der Waals surface area (Å²) < 4.78 is 10.3. The van der Waals surface area contributed by atoms with Gasteiger partial charge in [0.25, 0.3) is 0 Å². The van der Waals surface area contributed by atoms with E-state index < -0.39 is 0 Å². The Labute approximate surface area is 117 Å². The van der Waals surface area contributed by atoms with Crippen molar-refractivity contribution < 1.29 is 9.47 Å². The Hall–Kier alpha value is -1.71. The molecule has 1 aromatic rings. The molecular formula is C11H21N7O2. The van der Waals surface area contributed by atoms with E-state index in [0.717, 1.165) is 26.1 Å². The molecule has 0 amide bonds. The minimum atomic E-state index is 0.343. The third-order valence-corrected chi connectivity index (χ3v) is 2.85. The first-order valence-corrected chi connectivity index (χ1v) is 6.61. The SMILES string of the molecule is COCCCNc1nc(NN)nc(N2CCOCC2)n1. The molecular weight excluding hydrogens is 262 g/mol. The summed E-state index contributed by atoms with van der Waals surface area (Å²) in [6.07, 6.45) is 0.875. The molecule has 1 saturated heterocycles. The fourth-order valence-electron chi connectivity index (χ4n) is 1.83. The predicted octanol–water partition coefficient (Wildman–Crippen LogP) is -0.558. The average molecular weight is 283 g/mol. The van der Waals surface area contributed by atoms with Crippen molar-refractivity contribution >= 4 is 17.8 Å². The Kier molecular flexibility index (Phi) is 5.71. The topological polar surface area (TPSA) is 110 Å². The molecule has 20 heavy (non-hydrogen) atoms. The second-order valence-corrected chi connectivity index (χ2v) is 4.30. The molecule has 0 saturated carbocycles. The fourth-order valence-corrected chi connectivity index (χ4v) is 1.83. The summed E-state index contributed by atoms with van der Waals surface area (Å²) in [6.45, 7) is 4.29. The van der Waals surface area contributed by atoms with E-state index in [4.69, 9.17) is 15.3 Å². The zero-order valence-corrected chi connectivity index (χ0v) is 11.6. The highest BCUT2D eigenvalue weighted by Gasteiger charge is 2.16. The molecule has 0 aliphatic carbocycles. The number of hydrogen-bond donors (Lipinski definition) is 3. The molecule has 9 heteroatoms. The summed E-state index contributed by atoms with van der Waals surface area (Å²) in [4.78, 5) is 14.9. The van der Waals surface area contributed by atoms with Crippen LogP contribution in [0.2, 0.25) is 0 Å². The molecule has 9 nitrogen and oxygen atoms in total. The lowest BCUT2D eigenvalue weighted by Crippen LogP contribution is -2.37. The van der Waals surface area contributed by atoms with Gasteiger partial charge in [-0.3, -0.25) is 5.43 Å². The van der Waals surface area contributed by atoms with E-state index >= 15 is 0 Å². The first-order chi connectivity index (χ1) is 9.83. The lowest BCUT2D eigenvalue weighted by Gasteiger charge is -2.27. The van der Waals surface area contributed by atoms with Crippen LogP contribution in [0.3, 0.4) is 0 Å². The molecule has 0 atom stereocenters.